The van der Waals surface area contributed by atoms with Crippen molar-refractivity contribution in [3.8, 4) is 6.07 Å². The molecule has 1 heterocycles. The Bertz CT molecular complexity index is 407. The summed E-state index contributed by atoms with van der Waals surface area (Å²) in [6, 6.07) is 9.97. The lowest BCUT2D eigenvalue weighted by Gasteiger charge is -2.28. The summed E-state index contributed by atoms with van der Waals surface area (Å²) in [5, 5.41) is 13.3. The van der Waals surface area contributed by atoms with Gasteiger partial charge in [0, 0.05) is 37.7 Å². The molecule has 1 aliphatic heterocycles. The standard InChI is InChI=1S/C13H16ClN3/c14-13-3-1-2-11(8-13)12(9-15)10-17-6-4-16-5-7-17/h1-3,8,12,16H,4-7,10H2. The molecule has 1 aliphatic rings. The fourth-order valence-electron chi connectivity index (χ4n) is 2.10. The first-order valence-electron chi connectivity index (χ1n) is 5.88. The average molecular weight is 250 g/mol. The molecule has 3 nitrogen and oxygen atoms in total. The summed E-state index contributed by atoms with van der Waals surface area (Å²) in [5.74, 6) is -0.0909. The Morgan fingerprint density at radius 3 is 2.82 bits per heavy atom. The first kappa shape index (κ1) is 12.4. The Morgan fingerprint density at radius 2 is 2.18 bits per heavy atom. The molecule has 0 amide bonds. The lowest BCUT2D eigenvalue weighted by atomic mass is 10.00. The lowest BCUT2D eigenvalue weighted by molar-refractivity contribution is 0.237. The fourth-order valence-corrected chi connectivity index (χ4v) is 2.29. The van der Waals surface area contributed by atoms with Crippen LogP contribution in [0.15, 0.2) is 24.3 Å². The van der Waals surface area contributed by atoms with Crippen molar-refractivity contribution >= 4 is 11.6 Å². The van der Waals surface area contributed by atoms with Gasteiger partial charge in [0.25, 0.3) is 0 Å². The SMILES string of the molecule is N#CC(CN1CCNCC1)c1cccc(Cl)c1. The molecule has 2 rings (SSSR count). The van der Waals surface area contributed by atoms with Gasteiger partial charge in [-0.25, -0.2) is 0 Å². The number of hydrogen-bond donors (Lipinski definition) is 1. The van der Waals surface area contributed by atoms with Crippen molar-refractivity contribution in [2.45, 2.75) is 5.92 Å². The molecule has 1 unspecified atom stereocenters. The van der Waals surface area contributed by atoms with E-state index in [0.717, 1.165) is 38.3 Å². The van der Waals surface area contributed by atoms with Crippen LogP contribution in [-0.2, 0) is 0 Å². The molecular formula is C13H16ClN3. The number of rotatable bonds is 3. The van der Waals surface area contributed by atoms with Crippen LogP contribution in [0.1, 0.15) is 11.5 Å². The Hall–Kier alpha value is -1.08. The molecule has 90 valence electrons. The number of piperazine rings is 1. The monoisotopic (exact) mass is 249 g/mol. The smallest absolute Gasteiger partial charge is 0.0840 e. The molecule has 4 heteroatoms. The maximum absolute atomic E-state index is 9.27. The van der Waals surface area contributed by atoms with Crippen LogP contribution in [0.2, 0.25) is 5.02 Å². The van der Waals surface area contributed by atoms with E-state index in [1.807, 2.05) is 24.3 Å². The van der Waals surface area contributed by atoms with Crippen LogP contribution in [-0.4, -0.2) is 37.6 Å². The van der Waals surface area contributed by atoms with Crippen molar-refractivity contribution < 1.29 is 0 Å². The highest BCUT2D eigenvalue weighted by Gasteiger charge is 2.17. The third kappa shape index (κ3) is 3.44. The van der Waals surface area contributed by atoms with E-state index < -0.39 is 0 Å². The third-order valence-corrected chi connectivity index (χ3v) is 3.29. The minimum atomic E-state index is -0.0909. The second-order valence-electron chi connectivity index (χ2n) is 4.29. The highest BCUT2D eigenvalue weighted by Crippen LogP contribution is 2.20. The van der Waals surface area contributed by atoms with Gasteiger partial charge in [-0.1, -0.05) is 23.7 Å². The maximum Gasteiger partial charge on any atom is 0.0840 e. The van der Waals surface area contributed by atoms with E-state index in [1.165, 1.54) is 0 Å². The van der Waals surface area contributed by atoms with Gasteiger partial charge in [-0.15, -0.1) is 0 Å². The molecule has 1 aromatic rings. The van der Waals surface area contributed by atoms with E-state index in [0.29, 0.717) is 5.02 Å². The second kappa shape index (κ2) is 6.02. The van der Waals surface area contributed by atoms with E-state index in [2.05, 4.69) is 16.3 Å². The summed E-state index contributed by atoms with van der Waals surface area (Å²) in [6.07, 6.45) is 0. The van der Waals surface area contributed by atoms with Crippen LogP contribution in [0.3, 0.4) is 0 Å². The van der Waals surface area contributed by atoms with Crippen molar-refractivity contribution in [1.82, 2.24) is 10.2 Å². The number of halogens is 1. The second-order valence-corrected chi connectivity index (χ2v) is 4.72. The molecule has 0 aliphatic carbocycles. The number of hydrogen-bond acceptors (Lipinski definition) is 3. The Kier molecular flexibility index (Phi) is 4.38. The molecular weight excluding hydrogens is 234 g/mol. The van der Waals surface area contributed by atoms with Crippen molar-refractivity contribution in [2.75, 3.05) is 32.7 Å². The predicted octanol–water partition coefficient (Wildman–Crippen LogP) is 1.85. The van der Waals surface area contributed by atoms with Gasteiger partial charge < -0.3 is 5.32 Å². The Balaban J connectivity index is 2.03. The number of benzene rings is 1. The summed E-state index contributed by atoms with van der Waals surface area (Å²) >= 11 is 5.96. The van der Waals surface area contributed by atoms with Crippen LogP contribution in [0.5, 0.6) is 0 Å². The van der Waals surface area contributed by atoms with Crippen molar-refractivity contribution in [3.05, 3.63) is 34.9 Å². The molecule has 0 spiro atoms. The van der Waals surface area contributed by atoms with E-state index in [1.54, 1.807) is 0 Å². The molecule has 0 saturated carbocycles. The Labute approximate surface area is 107 Å². The van der Waals surface area contributed by atoms with Gasteiger partial charge in [-0.2, -0.15) is 5.26 Å². The molecule has 1 aromatic carbocycles. The van der Waals surface area contributed by atoms with Crippen LogP contribution >= 0.6 is 11.6 Å². The predicted molar refractivity (Wildman–Crippen MR) is 69.1 cm³/mol. The zero-order chi connectivity index (χ0) is 12.1. The van der Waals surface area contributed by atoms with Gasteiger partial charge >= 0.3 is 0 Å². The van der Waals surface area contributed by atoms with Gasteiger partial charge in [0.15, 0.2) is 0 Å². The van der Waals surface area contributed by atoms with Crippen LogP contribution in [0.25, 0.3) is 0 Å². The molecule has 17 heavy (non-hydrogen) atoms. The first-order chi connectivity index (χ1) is 8.29. The molecule has 1 N–H and O–H groups in total. The number of nitrogens with one attached hydrogen (secondary N) is 1. The van der Waals surface area contributed by atoms with Crippen LogP contribution in [0.4, 0.5) is 0 Å². The molecule has 0 aromatic heterocycles. The number of nitriles is 1. The van der Waals surface area contributed by atoms with E-state index in [4.69, 9.17) is 11.6 Å². The molecule has 1 atom stereocenters. The summed E-state index contributed by atoms with van der Waals surface area (Å²) in [5.41, 5.74) is 1.01. The molecule has 1 saturated heterocycles. The lowest BCUT2D eigenvalue weighted by Crippen LogP contribution is -2.44. The largest absolute Gasteiger partial charge is 0.314 e. The summed E-state index contributed by atoms with van der Waals surface area (Å²) in [6.45, 7) is 4.83. The normalized spacial score (nSPS) is 18.6. The fraction of sp³-hybridized carbons (Fsp3) is 0.462. The quantitative estimate of drug-likeness (QED) is 0.889. The zero-order valence-electron chi connectivity index (χ0n) is 9.69. The van der Waals surface area contributed by atoms with Gasteiger partial charge in [0.2, 0.25) is 0 Å². The first-order valence-corrected chi connectivity index (χ1v) is 6.25. The minimum absolute atomic E-state index is 0.0909. The maximum atomic E-state index is 9.27. The van der Waals surface area contributed by atoms with Crippen molar-refractivity contribution in [2.24, 2.45) is 0 Å². The summed E-state index contributed by atoms with van der Waals surface area (Å²) in [7, 11) is 0. The van der Waals surface area contributed by atoms with E-state index in [-0.39, 0.29) is 5.92 Å². The third-order valence-electron chi connectivity index (χ3n) is 3.06. The summed E-state index contributed by atoms with van der Waals surface area (Å²) < 4.78 is 0. The molecule has 0 radical (unpaired) electrons. The molecule has 0 bridgehead atoms. The zero-order valence-corrected chi connectivity index (χ0v) is 10.5. The minimum Gasteiger partial charge on any atom is -0.314 e. The van der Waals surface area contributed by atoms with Crippen LogP contribution in [0, 0.1) is 11.3 Å². The van der Waals surface area contributed by atoms with E-state index in [9.17, 15) is 5.26 Å². The topological polar surface area (TPSA) is 39.1 Å². The van der Waals surface area contributed by atoms with E-state index >= 15 is 0 Å². The van der Waals surface area contributed by atoms with Gasteiger partial charge in [-0.05, 0) is 17.7 Å². The van der Waals surface area contributed by atoms with Gasteiger partial charge in [0.1, 0.15) is 0 Å². The average Bonchev–Trinajstić information content (AvgIpc) is 2.37. The van der Waals surface area contributed by atoms with Gasteiger partial charge in [-0.3, -0.25) is 4.90 Å². The highest BCUT2D eigenvalue weighted by atomic mass is 35.5. The van der Waals surface area contributed by atoms with Gasteiger partial charge in [0.05, 0.1) is 12.0 Å². The molecule has 1 fully saturated rings. The summed E-state index contributed by atoms with van der Waals surface area (Å²) in [4.78, 5) is 2.32. The van der Waals surface area contributed by atoms with Crippen LogP contribution < -0.4 is 5.32 Å². The number of nitrogens with zero attached hydrogens (tertiary/aromatic N) is 2. The van der Waals surface area contributed by atoms with Crippen molar-refractivity contribution in [3.63, 3.8) is 0 Å². The Morgan fingerprint density at radius 1 is 1.41 bits per heavy atom. The highest BCUT2D eigenvalue weighted by molar-refractivity contribution is 6.30. The van der Waals surface area contributed by atoms with Crippen molar-refractivity contribution in [1.29, 1.82) is 5.26 Å².